The molecule has 7 heteroatoms. The number of hydrogen-bond acceptors (Lipinski definition) is 5. The molecule has 0 aliphatic heterocycles. The van der Waals surface area contributed by atoms with Crippen LogP contribution < -0.4 is 4.72 Å². The first kappa shape index (κ1) is 14.5. The maximum Gasteiger partial charge on any atom is 0.241 e. The van der Waals surface area contributed by atoms with Gasteiger partial charge in [0.2, 0.25) is 10.0 Å². The lowest BCUT2D eigenvalue weighted by atomic mass is 10.1. The number of aromatic nitrogens is 1. The van der Waals surface area contributed by atoms with Gasteiger partial charge < -0.3 is 9.63 Å². The van der Waals surface area contributed by atoms with E-state index in [4.69, 9.17) is 4.52 Å². The molecule has 0 aliphatic rings. The minimum atomic E-state index is -3.72. The zero-order valence-electron chi connectivity index (χ0n) is 11.4. The fourth-order valence-electron chi connectivity index (χ4n) is 2.12. The summed E-state index contributed by atoms with van der Waals surface area (Å²) in [5, 5.41) is 13.2. The SMILES string of the molecule is Cc1noc(C)c1C(C)NS(=O)(=O)c1cccc(O)c1. The molecule has 20 heavy (non-hydrogen) atoms. The van der Waals surface area contributed by atoms with Gasteiger partial charge in [0.05, 0.1) is 10.6 Å². The second-order valence-corrected chi connectivity index (χ2v) is 6.29. The predicted molar refractivity (Wildman–Crippen MR) is 72.8 cm³/mol. The van der Waals surface area contributed by atoms with Crippen LogP contribution in [0.15, 0.2) is 33.7 Å². The number of nitrogens with zero attached hydrogens (tertiary/aromatic N) is 1. The molecular formula is C13H16N2O4S. The molecule has 1 heterocycles. The van der Waals surface area contributed by atoms with Crippen molar-refractivity contribution in [2.24, 2.45) is 0 Å². The summed E-state index contributed by atoms with van der Waals surface area (Å²) in [5.41, 5.74) is 1.36. The highest BCUT2D eigenvalue weighted by atomic mass is 32.2. The molecule has 1 atom stereocenters. The van der Waals surface area contributed by atoms with Gasteiger partial charge in [-0.05, 0) is 39.0 Å². The van der Waals surface area contributed by atoms with E-state index in [0.29, 0.717) is 17.0 Å². The van der Waals surface area contributed by atoms with E-state index in [0.717, 1.165) is 0 Å². The monoisotopic (exact) mass is 296 g/mol. The fraction of sp³-hybridized carbons (Fsp3) is 0.308. The average Bonchev–Trinajstić information content (AvgIpc) is 2.68. The minimum absolute atomic E-state index is 0.0103. The molecule has 6 nitrogen and oxygen atoms in total. The normalized spacial score (nSPS) is 13.3. The van der Waals surface area contributed by atoms with Crippen molar-refractivity contribution in [1.82, 2.24) is 9.88 Å². The van der Waals surface area contributed by atoms with E-state index >= 15 is 0 Å². The second-order valence-electron chi connectivity index (χ2n) is 4.58. The molecule has 2 rings (SSSR count). The van der Waals surface area contributed by atoms with E-state index < -0.39 is 16.1 Å². The first-order chi connectivity index (χ1) is 9.31. The lowest BCUT2D eigenvalue weighted by Crippen LogP contribution is -2.27. The Labute approximate surface area is 117 Å². The second kappa shape index (κ2) is 5.26. The number of rotatable bonds is 4. The zero-order chi connectivity index (χ0) is 14.9. The van der Waals surface area contributed by atoms with Crippen LogP contribution in [0.4, 0.5) is 0 Å². The number of aryl methyl sites for hydroxylation is 2. The molecule has 1 aromatic heterocycles. The summed E-state index contributed by atoms with van der Waals surface area (Å²) < 4.78 is 32.1. The standard InChI is InChI=1S/C13H16N2O4S/c1-8-13(10(3)19-14-8)9(2)15-20(17,18)12-6-4-5-11(16)7-12/h4-7,9,15-16H,1-3H3. The van der Waals surface area contributed by atoms with Gasteiger partial charge in [-0.25, -0.2) is 13.1 Å². The number of phenolic OH excluding ortho intramolecular Hbond substituents is 1. The first-order valence-corrected chi connectivity index (χ1v) is 7.53. The zero-order valence-corrected chi connectivity index (χ0v) is 12.2. The molecule has 0 saturated carbocycles. The summed E-state index contributed by atoms with van der Waals surface area (Å²) in [5.74, 6) is 0.478. The number of phenols is 1. The van der Waals surface area contributed by atoms with Gasteiger partial charge in [-0.15, -0.1) is 0 Å². The predicted octanol–water partition coefficient (Wildman–Crippen LogP) is 2.04. The van der Waals surface area contributed by atoms with Crippen molar-refractivity contribution >= 4 is 10.0 Å². The maximum absolute atomic E-state index is 12.2. The Kier molecular flexibility index (Phi) is 3.82. The molecule has 0 fully saturated rings. The fourth-order valence-corrected chi connectivity index (χ4v) is 3.37. The molecule has 108 valence electrons. The summed E-state index contributed by atoms with van der Waals surface area (Å²) in [7, 11) is -3.72. The smallest absolute Gasteiger partial charge is 0.241 e. The highest BCUT2D eigenvalue weighted by Crippen LogP contribution is 2.24. The van der Waals surface area contributed by atoms with Gasteiger partial charge in [-0.2, -0.15) is 0 Å². The van der Waals surface area contributed by atoms with Crippen molar-refractivity contribution in [3.05, 3.63) is 41.3 Å². The van der Waals surface area contributed by atoms with Crippen LogP contribution in [-0.4, -0.2) is 18.7 Å². The number of benzene rings is 1. The van der Waals surface area contributed by atoms with Crippen LogP contribution in [0.1, 0.15) is 30.0 Å². The van der Waals surface area contributed by atoms with Crippen molar-refractivity contribution in [3.63, 3.8) is 0 Å². The van der Waals surface area contributed by atoms with Gasteiger partial charge in [0, 0.05) is 11.6 Å². The Hall–Kier alpha value is -1.86. The largest absolute Gasteiger partial charge is 0.508 e. The third-order valence-corrected chi connectivity index (χ3v) is 4.52. The highest BCUT2D eigenvalue weighted by Gasteiger charge is 2.23. The lowest BCUT2D eigenvalue weighted by molar-refractivity contribution is 0.391. The van der Waals surface area contributed by atoms with Gasteiger partial charge in [-0.3, -0.25) is 0 Å². The number of nitrogens with one attached hydrogen (secondary N) is 1. The van der Waals surface area contributed by atoms with Crippen LogP contribution in [-0.2, 0) is 10.0 Å². The molecule has 0 spiro atoms. The van der Waals surface area contributed by atoms with E-state index in [-0.39, 0.29) is 10.6 Å². The van der Waals surface area contributed by atoms with Crippen LogP contribution in [0.25, 0.3) is 0 Å². The van der Waals surface area contributed by atoms with Gasteiger partial charge in [-0.1, -0.05) is 11.2 Å². The summed E-state index contributed by atoms with van der Waals surface area (Å²) >= 11 is 0. The summed E-state index contributed by atoms with van der Waals surface area (Å²) in [4.78, 5) is 0.0103. The van der Waals surface area contributed by atoms with Crippen molar-refractivity contribution < 1.29 is 18.0 Å². The molecule has 0 radical (unpaired) electrons. The summed E-state index contributed by atoms with van der Waals surface area (Å²) in [6.07, 6.45) is 0. The Balaban J connectivity index is 2.29. The third kappa shape index (κ3) is 2.83. The summed E-state index contributed by atoms with van der Waals surface area (Å²) in [6, 6.07) is 5.03. The molecule has 0 bridgehead atoms. The van der Waals surface area contributed by atoms with Crippen LogP contribution in [0, 0.1) is 13.8 Å². The maximum atomic E-state index is 12.2. The Morgan fingerprint density at radius 1 is 1.35 bits per heavy atom. The molecule has 2 aromatic rings. The van der Waals surface area contributed by atoms with Crippen molar-refractivity contribution in [2.45, 2.75) is 31.7 Å². The van der Waals surface area contributed by atoms with Crippen molar-refractivity contribution in [3.8, 4) is 5.75 Å². The molecular weight excluding hydrogens is 280 g/mol. The number of hydrogen-bond donors (Lipinski definition) is 2. The number of sulfonamides is 1. The highest BCUT2D eigenvalue weighted by molar-refractivity contribution is 7.89. The Bertz CT molecular complexity index is 702. The molecule has 0 saturated heterocycles. The third-order valence-electron chi connectivity index (χ3n) is 2.98. The van der Waals surface area contributed by atoms with Gasteiger partial charge in [0.25, 0.3) is 0 Å². The van der Waals surface area contributed by atoms with Gasteiger partial charge >= 0.3 is 0 Å². The van der Waals surface area contributed by atoms with E-state index in [1.807, 2.05) is 0 Å². The van der Waals surface area contributed by atoms with Crippen LogP contribution in [0.2, 0.25) is 0 Å². The first-order valence-electron chi connectivity index (χ1n) is 6.05. The quantitative estimate of drug-likeness (QED) is 0.900. The van der Waals surface area contributed by atoms with Crippen LogP contribution >= 0.6 is 0 Å². The van der Waals surface area contributed by atoms with Gasteiger partial charge in [0.15, 0.2) is 0 Å². The van der Waals surface area contributed by atoms with Crippen molar-refractivity contribution in [1.29, 1.82) is 0 Å². The lowest BCUT2D eigenvalue weighted by Gasteiger charge is -2.14. The van der Waals surface area contributed by atoms with Gasteiger partial charge in [0.1, 0.15) is 11.5 Å². The molecule has 0 amide bonds. The number of aromatic hydroxyl groups is 1. The van der Waals surface area contributed by atoms with E-state index in [9.17, 15) is 13.5 Å². The van der Waals surface area contributed by atoms with E-state index in [2.05, 4.69) is 9.88 Å². The molecule has 0 aliphatic carbocycles. The Morgan fingerprint density at radius 3 is 2.60 bits per heavy atom. The van der Waals surface area contributed by atoms with Crippen molar-refractivity contribution in [2.75, 3.05) is 0 Å². The van der Waals surface area contributed by atoms with E-state index in [1.54, 1.807) is 20.8 Å². The molecule has 1 unspecified atom stereocenters. The van der Waals surface area contributed by atoms with Crippen LogP contribution in [0.3, 0.4) is 0 Å². The molecule has 1 aromatic carbocycles. The van der Waals surface area contributed by atoms with Crippen LogP contribution in [0.5, 0.6) is 5.75 Å². The van der Waals surface area contributed by atoms with E-state index in [1.165, 1.54) is 24.3 Å². The topological polar surface area (TPSA) is 92.4 Å². The minimum Gasteiger partial charge on any atom is -0.508 e. The Morgan fingerprint density at radius 2 is 2.05 bits per heavy atom. The molecule has 2 N–H and O–H groups in total. The average molecular weight is 296 g/mol. The summed E-state index contributed by atoms with van der Waals surface area (Å²) in [6.45, 7) is 5.20.